The van der Waals surface area contributed by atoms with Gasteiger partial charge in [0.05, 0.1) is 5.02 Å². The largest absolute Gasteiger partial charge is 0.398 e. The van der Waals surface area contributed by atoms with Crippen molar-refractivity contribution in [2.45, 2.75) is 34.1 Å². The van der Waals surface area contributed by atoms with Crippen molar-refractivity contribution in [3.8, 4) is 11.1 Å². The number of halogens is 4. The van der Waals surface area contributed by atoms with Crippen molar-refractivity contribution < 1.29 is 13.6 Å². The lowest BCUT2D eigenvalue weighted by atomic mass is 9.94. The van der Waals surface area contributed by atoms with Crippen LogP contribution in [0.4, 0.5) is 14.5 Å². The molecule has 2 aromatic rings. The third-order valence-electron chi connectivity index (χ3n) is 3.48. The monoisotopic (exact) mass is 373 g/mol. The molecule has 24 heavy (non-hydrogen) atoms. The van der Waals surface area contributed by atoms with Crippen LogP contribution in [-0.2, 0) is 0 Å². The maximum Gasteiger partial charge on any atom is 0.164 e. The van der Waals surface area contributed by atoms with Crippen LogP contribution in [0.5, 0.6) is 0 Å². The second-order valence-electron chi connectivity index (χ2n) is 4.84. The van der Waals surface area contributed by atoms with Gasteiger partial charge < -0.3 is 5.73 Å². The first-order valence-electron chi connectivity index (χ1n) is 7.54. The molecule has 0 aliphatic heterocycles. The Hall–Kier alpha value is -1.65. The molecule has 0 spiro atoms. The van der Waals surface area contributed by atoms with Gasteiger partial charge in [0.1, 0.15) is 11.6 Å². The van der Waals surface area contributed by atoms with Crippen molar-refractivity contribution in [3.05, 3.63) is 51.0 Å². The molecular formula is C18H19Cl2F2NO. The summed E-state index contributed by atoms with van der Waals surface area (Å²) in [6.45, 7) is 7.33. The van der Waals surface area contributed by atoms with Gasteiger partial charge in [0, 0.05) is 39.9 Å². The molecule has 0 bridgehead atoms. The Kier molecular flexibility index (Phi) is 7.18. The number of carbonyl (C=O) groups excluding carboxylic acids is 1. The van der Waals surface area contributed by atoms with E-state index in [0.29, 0.717) is 22.8 Å². The molecule has 0 saturated heterocycles. The second-order valence-corrected chi connectivity index (χ2v) is 5.66. The van der Waals surface area contributed by atoms with E-state index in [-0.39, 0.29) is 33.5 Å². The highest BCUT2D eigenvalue weighted by Crippen LogP contribution is 2.39. The highest BCUT2D eigenvalue weighted by Gasteiger charge is 2.20. The zero-order valence-corrected chi connectivity index (χ0v) is 15.4. The molecule has 2 aromatic carbocycles. The maximum absolute atomic E-state index is 14.1. The summed E-state index contributed by atoms with van der Waals surface area (Å²) in [5.74, 6) is -1.82. The third kappa shape index (κ3) is 3.87. The summed E-state index contributed by atoms with van der Waals surface area (Å²) in [7, 11) is 0. The molecule has 0 aliphatic rings. The van der Waals surface area contributed by atoms with E-state index in [1.165, 1.54) is 6.07 Å². The van der Waals surface area contributed by atoms with Crippen molar-refractivity contribution in [1.29, 1.82) is 0 Å². The quantitative estimate of drug-likeness (QED) is 0.381. The van der Waals surface area contributed by atoms with Crippen LogP contribution < -0.4 is 5.73 Å². The number of Topliss-reactive ketones (excluding diaryl/α,β-unsaturated/α-hetero) is 1. The van der Waals surface area contributed by atoms with E-state index < -0.39 is 11.6 Å². The highest BCUT2D eigenvalue weighted by atomic mass is 35.5. The van der Waals surface area contributed by atoms with E-state index in [0.717, 1.165) is 6.07 Å². The van der Waals surface area contributed by atoms with E-state index in [4.69, 9.17) is 28.9 Å². The topological polar surface area (TPSA) is 43.1 Å². The van der Waals surface area contributed by atoms with Crippen molar-refractivity contribution >= 4 is 34.7 Å². The number of hydrogen-bond donors (Lipinski definition) is 1. The minimum absolute atomic E-state index is 0.0381. The van der Waals surface area contributed by atoms with Gasteiger partial charge in [-0.3, -0.25) is 4.79 Å². The summed E-state index contributed by atoms with van der Waals surface area (Å²) in [5, 5.41) is -0.0655. The normalized spacial score (nSPS) is 10.2. The fraction of sp³-hybridized carbons (Fsp3) is 0.278. The molecule has 0 amide bonds. The SMILES string of the molecule is CC.CCC(=O)c1cc(Cl)c(-c2cc(Cl)c(F)cc2F)c(C)c1N. The summed E-state index contributed by atoms with van der Waals surface area (Å²) in [6.07, 6.45) is 0.274. The second kappa shape index (κ2) is 8.45. The minimum atomic E-state index is -0.859. The molecule has 0 heterocycles. The molecule has 0 unspecified atom stereocenters. The summed E-state index contributed by atoms with van der Waals surface area (Å²) in [4.78, 5) is 11.9. The smallest absolute Gasteiger partial charge is 0.164 e. The maximum atomic E-state index is 14.1. The third-order valence-corrected chi connectivity index (χ3v) is 4.07. The zero-order valence-electron chi connectivity index (χ0n) is 13.9. The van der Waals surface area contributed by atoms with Crippen LogP contribution in [0.1, 0.15) is 43.1 Å². The van der Waals surface area contributed by atoms with Crippen LogP contribution in [0.2, 0.25) is 10.0 Å². The van der Waals surface area contributed by atoms with Gasteiger partial charge in [-0.15, -0.1) is 0 Å². The van der Waals surface area contributed by atoms with Crippen LogP contribution >= 0.6 is 23.2 Å². The molecule has 2 N–H and O–H groups in total. The Labute approximate surface area is 150 Å². The molecule has 0 aliphatic carbocycles. The molecule has 130 valence electrons. The van der Waals surface area contributed by atoms with E-state index in [2.05, 4.69) is 0 Å². The van der Waals surface area contributed by atoms with E-state index in [9.17, 15) is 13.6 Å². The lowest BCUT2D eigenvalue weighted by Crippen LogP contribution is -2.06. The first-order valence-corrected chi connectivity index (χ1v) is 8.30. The molecule has 0 aromatic heterocycles. The van der Waals surface area contributed by atoms with Gasteiger partial charge in [-0.25, -0.2) is 8.78 Å². The van der Waals surface area contributed by atoms with Crippen molar-refractivity contribution in [2.24, 2.45) is 0 Å². The Morgan fingerprint density at radius 2 is 1.67 bits per heavy atom. The molecule has 2 rings (SSSR count). The summed E-state index contributed by atoms with van der Waals surface area (Å²) in [6, 6.07) is 3.25. The number of ketones is 1. The van der Waals surface area contributed by atoms with Crippen LogP contribution in [0, 0.1) is 18.6 Å². The van der Waals surface area contributed by atoms with Crippen LogP contribution in [-0.4, -0.2) is 5.78 Å². The van der Waals surface area contributed by atoms with Crippen LogP contribution in [0.3, 0.4) is 0 Å². The van der Waals surface area contributed by atoms with Crippen LogP contribution in [0.15, 0.2) is 18.2 Å². The average Bonchev–Trinajstić information content (AvgIpc) is 2.56. The van der Waals surface area contributed by atoms with Gasteiger partial charge in [0.15, 0.2) is 5.78 Å². The van der Waals surface area contributed by atoms with Gasteiger partial charge in [-0.1, -0.05) is 44.0 Å². The number of hydrogen-bond acceptors (Lipinski definition) is 2. The summed E-state index contributed by atoms with van der Waals surface area (Å²) in [5.41, 5.74) is 7.28. The van der Waals surface area contributed by atoms with Gasteiger partial charge in [-0.2, -0.15) is 0 Å². The van der Waals surface area contributed by atoms with E-state index >= 15 is 0 Å². The Morgan fingerprint density at radius 1 is 1.08 bits per heavy atom. The predicted molar refractivity (Wildman–Crippen MR) is 96.9 cm³/mol. The Morgan fingerprint density at radius 3 is 2.21 bits per heavy atom. The number of rotatable bonds is 3. The van der Waals surface area contributed by atoms with Crippen LogP contribution in [0.25, 0.3) is 11.1 Å². The molecule has 0 saturated carbocycles. The fourth-order valence-corrected chi connectivity index (χ4v) is 2.77. The lowest BCUT2D eigenvalue weighted by molar-refractivity contribution is 0.0989. The van der Waals surface area contributed by atoms with Gasteiger partial charge >= 0.3 is 0 Å². The molecular weight excluding hydrogens is 355 g/mol. The predicted octanol–water partition coefficient (Wildman–Crippen LogP) is 6.45. The number of carbonyl (C=O) groups is 1. The number of benzene rings is 2. The first-order chi connectivity index (χ1) is 11.3. The molecule has 0 radical (unpaired) electrons. The van der Waals surface area contributed by atoms with E-state index in [1.54, 1.807) is 13.8 Å². The number of nitrogen functional groups attached to an aromatic ring is 1. The van der Waals surface area contributed by atoms with Gasteiger partial charge in [0.25, 0.3) is 0 Å². The number of anilines is 1. The lowest BCUT2D eigenvalue weighted by Gasteiger charge is -2.15. The molecule has 0 fully saturated rings. The Balaban J connectivity index is 0.00000139. The summed E-state index contributed by atoms with van der Waals surface area (Å²) >= 11 is 11.9. The highest BCUT2D eigenvalue weighted by molar-refractivity contribution is 6.34. The van der Waals surface area contributed by atoms with Crippen molar-refractivity contribution in [1.82, 2.24) is 0 Å². The first kappa shape index (κ1) is 20.4. The Bertz CT molecular complexity index is 776. The minimum Gasteiger partial charge on any atom is -0.398 e. The van der Waals surface area contributed by atoms with Crippen molar-refractivity contribution in [2.75, 3.05) is 5.73 Å². The standard InChI is InChI=1S/C16H13Cl2F2NO.C2H6/c1-3-14(22)9-5-11(18)15(7(2)16(9)21)8-4-10(17)13(20)6-12(8)19;1-2/h4-6H,3,21H2,1-2H3;1-2H3. The average molecular weight is 374 g/mol. The van der Waals surface area contributed by atoms with Gasteiger partial charge in [-0.05, 0) is 24.6 Å². The van der Waals surface area contributed by atoms with Gasteiger partial charge in [0.2, 0.25) is 0 Å². The molecule has 6 heteroatoms. The molecule has 0 atom stereocenters. The van der Waals surface area contributed by atoms with Crippen molar-refractivity contribution in [3.63, 3.8) is 0 Å². The number of nitrogens with two attached hydrogens (primary N) is 1. The zero-order chi connectivity index (χ0) is 18.6. The summed E-state index contributed by atoms with van der Waals surface area (Å²) < 4.78 is 27.4. The van der Waals surface area contributed by atoms with E-state index in [1.807, 2.05) is 13.8 Å². The fourth-order valence-electron chi connectivity index (χ4n) is 2.26. The molecule has 2 nitrogen and oxygen atoms in total.